The molecule has 5 heteroatoms. The zero-order chi connectivity index (χ0) is 17.9. The first kappa shape index (κ1) is 17.0. The Morgan fingerprint density at radius 2 is 1.88 bits per heavy atom. The van der Waals surface area contributed by atoms with Crippen molar-refractivity contribution in [1.29, 1.82) is 0 Å². The molecule has 3 unspecified atom stereocenters. The van der Waals surface area contributed by atoms with Crippen molar-refractivity contribution >= 4 is 15.9 Å². The first-order valence-electron chi connectivity index (χ1n) is 9.64. The van der Waals surface area contributed by atoms with Crippen LogP contribution in [0.3, 0.4) is 0 Å². The Kier molecular flexibility index (Phi) is 3.86. The number of halogens is 1. The standard InChI is InChI=1S/C21H25BrN2O2/c1-14-17-9-8-16-18(23-24(2)19(16)22)20(17,15-6-4-3-5-7-15)10-11-21(14)25-12-13-26-21/h3-7,14,17H,8-13H2,1-2H3. The van der Waals surface area contributed by atoms with Crippen LogP contribution < -0.4 is 0 Å². The van der Waals surface area contributed by atoms with Gasteiger partial charge in [-0.05, 0) is 46.7 Å². The lowest BCUT2D eigenvalue weighted by molar-refractivity contribution is -0.232. The van der Waals surface area contributed by atoms with Crippen LogP contribution >= 0.6 is 15.9 Å². The molecule has 1 aliphatic heterocycles. The Labute approximate surface area is 163 Å². The highest BCUT2D eigenvalue weighted by atomic mass is 79.9. The monoisotopic (exact) mass is 416 g/mol. The predicted molar refractivity (Wildman–Crippen MR) is 103 cm³/mol. The van der Waals surface area contributed by atoms with Crippen molar-refractivity contribution in [2.45, 2.75) is 43.8 Å². The molecule has 2 aromatic rings. The minimum Gasteiger partial charge on any atom is -0.347 e. The molecule has 0 bridgehead atoms. The van der Waals surface area contributed by atoms with E-state index < -0.39 is 5.79 Å². The molecular formula is C21H25BrN2O2. The lowest BCUT2D eigenvalue weighted by Gasteiger charge is -2.55. The number of rotatable bonds is 1. The fraction of sp³-hybridized carbons (Fsp3) is 0.571. The number of hydrogen-bond acceptors (Lipinski definition) is 3. The quantitative estimate of drug-likeness (QED) is 0.698. The summed E-state index contributed by atoms with van der Waals surface area (Å²) in [4.78, 5) is 0. The minimum absolute atomic E-state index is 0.0569. The average Bonchev–Trinajstić information content (AvgIpc) is 3.26. The summed E-state index contributed by atoms with van der Waals surface area (Å²) < 4.78 is 15.5. The van der Waals surface area contributed by atoms with Gasteiger partial charge in [0.1, 0.15) is 4.60 Å². The molecule has 0 amide bonds. The van der Waals surface area contributed by atoms with E-state index in [1.165, 1.54) is 16.8 Å². The highest BCUT2D eigenvalue weighted by molar-refractivity contribution is 9.10. The van der Waals surface area contributed by atoms with Gasteiger partial charge < -0.3 is 9.47 Å². The lowest BCUT2D eigenvalue weighted by Crippen LogP contribution is -2.56. The van der Waals surface area contributed by atoms with Gasteiger partial charge in [-0.25, -0.2) is 0 Å². The number of nitrogens with zero attached hydrogens (tertiary/aromatic N) is 2. The van der Waals surface area contributed by atoms with E-state index in [9.17, 15) is 0 Å². The fourth-order valence-electron chi connectivity index (χ4n) is 5.84. The summed E-state index contributed by atoms with van der Waals surface area (Å²) in [5, 5.41) is 5.02. The van der Waals surface area contributed by atoms with Crippen molar-refractivity contribution in [3.05, 3.63) is 51.8 Å². The van der Waals surface area contributed by atoms with Crippen LogP contribution in [0.4, 0.5) is 0 Å². The number of ether oxygens (including phenoxy) is 2. The smallest absolute Gasteiger partial charge is 0.171 e. The molecule has 5 rings (SSSR count). The molecule has 2 aliphatic carbocycles. The van der Waals surface area contributed by atoms with Gasteiger partial charge in [0.25, 0.3) is 0 Å². The molecule has 26 heavy (non-hydrogen) atoms. The highest BCUT2D eigenvalue weighted by Crippen LogP contribution is 2.60. The number of hydrogen-bond donors (Lipinski definition) is 0. The van der Waals surface area contributed by atoms with Crippen molar-refractivity contribution in [2.75, 3.05) is 13.2 Å². The summed E-state index contributed by atoms with van der Waals surface area (Å²) >= 11 is 3.78. The predicted octanol–water partition coefficient (Wildman–Crippen LogP) is 4.20. The number of benzene rings is 1. The maximum atomic E-state index is 6.18. The molecule has 3 aliphatic rings. The molecule has 4 nitrogen and oxygen atoms in total. The van der Waals surface area contributed by atoms with Gasteiger partial charge in [-0.15, -0.1) is 0 Å². The zero-order valence-electron chi connectivity index (χ0n) is 15.4. The second-order valence-corrected chi connectivity index (χ2v) is 8.77. The second-order valence-electron chi connectivity index (χ2n) is 8.02. The van der Waals surface area contributed by atoms with Gasteiger partial charge >= 0.3 is 0 Å². The van der Waals surface area contributed by atoms with Crippen LogP contribution in [-0.4, -0.2) is 28.8 Å². The molecule has 1 saturated carbocycles. The molecule has 138 valence electrons. The molecule has 2 fully saturated rings. The van der Waals surface area contributed by atoms with E-state index in [4.69, 9.17) is 14.6 Å². The van der Waals surface area contributed by atoms with Crippen LogP contribution in [0.5, 0.6) is 0 Å². The molecule has 0 radical (unpaired) electrons. The first-order valence-corrected chi connectivity index (χ1v) is 10.4. The number of aryl methyl sites for hydroxylation is 1. The van der Waals surface area contributed by atoms with E-state index in [-0.39, 0.29) is 5.41 Å². The molecule has 2 heterocycles. The lowest BCUT2D eigenvalue weighted by atomic mass is 9.52. The normalized spacial score (nSPS) is 32.4. The maximum Gasteiger partial charge on any atom is 0.171 e. The largest absolute Gasteiger partial charge is 0.347 e. The third-order valence-electron chi connectivity index (χ3n) is 7.06. The SMILES string of the molecule is CC1C2CCc3c(nn(C)c3Br)C2(c2ccccc2)CCC12OCCO2. The Morgan fingerprint density at radius 1 is 1.15 bits per heavy atom. The van der Waals surface area contributed by atoms with Gasteiger partial charge in [-0.2, -0.15) is 5.10 Å². The second kappa shape index (κ2) is 5.91. The zero-order valence-corrected chi connectivity index (χ0v) is 17.0. The Balaban J connectivity index is 1.71. The van der Waals surface area contributed by atoms with Crippen molar-refractivity contribution in [3.63, 3.8) is 0 Å². The minimum atomic E-state index is -0.396. The van der Waals surface area contributed by atoms with Crippen LogP contribution in [0.1, 0.15) is 43.0 Å². The molecule has 1 aromatic heterocycles. The maximum absolute atomic E-state index is 6.18. The molecular weight excluding hydrogens is 392 g/mol. The van der Waals surface area contributed by atoms with Crippen molar-refractivity contribution in [3.8, 4) is 0 Å². The molecule has 0 N–H and O–H groups in total. The number of aromatic nitrogens is 2. The topological polar surface area (TPSA) is 36.3 Å². The molecule has 1 spiro atoms. The summed E-state index contributed by atoms with van der Waals surface area (Å²) in [6.07, 6.45) is 4.14. The molecule has 1 saturated heterocycles. The van der Waals surface area contributed by atoms with Crippen LogP contribution in [-0.2, 0) is 28.4 Å². The molecule has 1 aromatic carbocycles. The Morgan fingerprint density at radius 3 is 2.62 bits per heavy atom. The van der Waals surface area contributed by atoms with E-state index in [0.29, 0.717) is 11.8 Å². The average molecular weight is 417 g/mol. The Bertz CT molecular complexity index is 828. The van der Waals surface area contributed by atoms with E-state index in [2.05, 4.69) is 53.2 Å². The van der Waals surface area contributed by atoms with E-state index >= 15 is 0 Å². The van der Waals surface area contributed by atoms with Crippen molar-refractivity contribution in [1.82, 2.24) is 9.78 Å². The number of fused-ring (bicyclic) bond motifs is 3. The van der Waals surface area contributed by atoms with Gasteiger partial charge in [0.05, 0.1) is 18.9 Å². The van der Waals surface area contributed by atoms with Gasteiger partial charge in [0.15, 0.2) is 5.79 Å². The first-order chi connectivity index (χ1) is 12.6. The fourth-order valence-corrected chi connectivity index (χ4v) is 6.31. The van der Waals surface area contributed by atoms with E-state index in [0.717, 1.165) is 43.5 Å². The van der Waals surface area contributed by atoms with Crippen LogP contribution in [0, 0.1) is 11.8 Å². The summed E-state index contributed by atoms with van der Waals surface area (Å²) in [7, 11) is 2.03. The van der Waals surface area contributed by atoms with Crippen molar-refractivity contribution < 1.29 is 9.47 Å². The third-order valence-corrected chi connectivity index (χ3v) is 8.05. The van der Waals surface area contributed by atoms with E-state index in [1.54, 1.807) is 0 Å². The van der Waals surface area contributed by atoms with E-state index in [1.807, 2.05) is 11.7 Å². The molecule has 3 atom stereocenters. The van der Waals surface area contributed by atoms with Crippen molar-refractivity contribution in [2.24, 2.45) is 18.9 Å². The van der Waals surface area contributed by atoms with Gasteiger partial charge in [0.2, 0.25) is 0 Å². The summed E-state index contributed by atoms with van der Waals surface area (Å²) in [6, 6.07) is 11.0. The van der Waals surface area contributed by atoms with Gasteiger partial charge in [-0.1, -0.05) is 37.3 Å². The van der Waals surface area contributed by atoms with Gasteiger partial charge in [0, 0.05) is 30.4 Å². The van der Waals surface area contributed by atoms with Crippen LogP contribution in [0.25, 0.3) is 0 Å². The van der Waals surface area contributed by atoms with Crippen LogP contribution in [0.2, 0.25) is 0 Å². The third kappa shape index (κ3) is 2.11. The van der Waals surface area contributed by atoms with Gasteiger partial charge in [-0.3, -0.25) is 4.68 Å². The summed E-state index contributed by atoms with van der Waals surface area (Å²) in [6.45, 7) is 3.77. The highest BCUT2D eigenvalue weighted by Gasteiger charge is 2.60. The summed E-state index contributed by atoms with van der Waals surface area (Å²) in [5.74, 6) is 0.408. The van der Waals surface area contributed by atoms with Crippen LogP contribution in [0.15, 0.2) is 34.9 Å². The summed E-state index contributed by atoms with van der Waals surface area (Å²) in [5.41, 5.74) is 3.97. The Hall–Kier alpha value is -1.17.